The van der Waals surface area contributed by atoms with E-state index >= 15 is 0 Å². The number of allylic oxidation sites excluding steroid dienone is 2. The van der Waals surface area contributed by atoms with E-state index in [-0.39, 0.29) is 16.8 Å². The molecule has 0 spiro atoms. The van der Waals surface area contributed by atoms with Gasteiger partial charge in [0.2, 0.25) is 0 Å². The summed E-state index contributed by atoms with van der Waals surface area (Å²) >= 11 is 0. The molecule has 0 aliphatic heterocycles. The molecule has 0 aliphatic rings. The molecule has 10 heteroatoms. The molecule has 0 bridgehead atoms. The van der Waals surface area contributed by atoms with Gasteiger partial charge >= 0.3 is 0 Å². The van der Waals surface area contributed by atoms with Crippen molar-refractivity contribution in [2.24, 2.45) is 20.6 Å². The molecule has 1 aromatic heterocycles. The number of oxime groups is 4. The van der Waals surface area contributed by atoms with E-state index in [2.05, 4.69) is 32.5 Å². The summed E-state index contributed by atoms with van der Waals surface area (Å²) in [6, 6.07) is 5.72. The van der Waals surface area contributed by atoms with Gasteiger partial charge in [-0.2, -0.15) is 0 Å². The molecular formula is C17H28CoN5O4-. The van der Waals surface area contributed by atoms with Crippen LogP contribution in [-0.2, 0) is 16.8 Å². The zero-order valence-corrected chi connectivity index (χ0v) is 17.1. The van der Waals surface area contributed by atoms with Crippen LogP contribution >= 0.6 is 0 Å². The van der Waals surface area contributed by atoms with Gasteiger partial charge in [0.1, 0.15) is 22.8 Å². The molecule has 1 rings (SSSR count). The molecule has 0 aromatic carbocycles. The van der Waals surface area contributed by atoms with E-state index < -0.39 is 0 Å². The fourth-order valence-electron chi connectivity index (χ4n) is 0.602. The Kier molecular flexibility index (Phi) is 30.0. The predicted octanol–water partition coefficient (Wildman–Crippen LogP) is 3.85. The number of rotatable bonds is 2. The summed E-state index contributed by atoms with van der Waals surface area (Å²) in [6.45, 7) is 11.5. The van der Waals surface area contributed by atoms with Crippen molar-refractivity contribution in [1.82, 2.24) is 4.98 Å². The van der Waals surface area contributed by atoms with Gasteiger partial charge in [-0.1, -0.05) is 26.7 Å². The minimum absolute atomic E-state index is 0. The van der Waals surface area contributed by atoms with Crippen molar-refractivity contribution in [3.63, 3.8) is 0 Å². The quantitative estimate of drug-likeness (QED) is 0.246. The van der Waals surface area contributed by atoms with Gasteiger partial charge in [0.05, 0.1) is 0 Å². The fraction of sp³-hybridized carbons (Fsp3) is 0.294. The maximum Gasteiger partial charge on any atom is 0.101 e. The number of hydrogen-bond acceptors (Lipinski definition) is 9. The van der Waals surface area contributed by atoms with Gasteiger partial charge in [0.15, 0.2) is 0 Å². The van der Waals surface area contributed by atoms with Crippen molar-refractivity contribution >= 4 is 22.8 Å². The standard InChI is InChI=1S/C5H5N.2C4H8N2O2.C4H7.Co/c1-2-4-6-5-3-1;2*1-3(5-7)4(2)6-8;1-3-4-2;/h1-5H;2*7-8H,1-2H3;3-4H,1H2,2H3;/q;;;-1;/b;5-3+,6-4+;5-3-,6-4+;4-3-;. The fourth-order valence-corrected chi connectivity index (χ4v) is 0.602. The Balaban J connectivity index is -0.000000133. The van der Waals surface area contributed by atoms with Crippen LogP contribution in [0.3, 0.4) is 0 Å². The SMILES string of the molecule is CC(=N/O)/C(C)=N/O.CC(=N\O)/C(C)=N/O.[CH2-]/C=C\C.[Co].c1ccncc1. The zero-order valence-electron chi connectivity index (χ0n) is 16.1. The molecule has 0 fully saturated rings. The normalized spacial score (nSPS) is 11.6. The summed E-state index contributed by atoms with van der Waals surface area (Å²) < 4.78 is 0. The number of nitrogens with zero attached hydrogens (tertiary/aromatic N) is 5. The van der Waals surface area contributed by atoms with E-state index in [0.717, 1.165) is 0 Å². The number of hydrogen-bond donors (Lipinski definition) is 4. The van der Waals surface area contributed by atoms with Crippen LogP contribution in [0.5, 0.6) is 0 Å². The van der Waals surface area contributed by atoms with Gasteiger partial charge in [-0.25, -0.2) is 19.1 Å². The zero-order chi connectivity index (χ0) is 20.8. The van der Waals surface area contributed by atoms with Crippen LogP contribution in [-0.4, -0.2) is 48.7 Å². The molecule has 0 unspecified atom stereocenters. The Bertz CT molecular complexity index is 494. The predicted molar refractivity (Wildman–Crippen MR) is 104 cm³/mol. The second-order valence-corrected chi connectivity index (χ2v) is 4.34. The van der Waals surface area contributed by atoms with Crippen LogP contribution in [0.4, 0.5) is 0 Å². The van der Waals surface area contributed by atoms with Crippen LogP contribution in [0.25, 0.3) is 0 Å². The van der Waals surface area contributed by atoms with Crippen molar-refractivity contribution < 1.29 is 37.6 Å². The van der Waals surface area contributed by atoms with Crippen LogP contribution in [0, 0.1) is 6.92 Å². The van der Waals surface area contributed by atoms with Crippen molar-refractivity contribution in [3.8, 4) is 0 Å². The van der Waals surface area contributed by atoms with Crippen molar-refractivity contribution in [1.29, 1.82) is 0 Å². The topological polar surface area (TPSA) is 143 Å². The average molecular weight is 425 g/mol. The first-order valence-corrected chi connectivity index (χ1v) is 7.36. The van der Waals surface area contributed by atoms with E-state index in [4.69, 9.17) is 20.8 Å². The third kappa shape index (κ3) is 25.5. The molecule has 0 aliphatic carbocycles. The molecule has 27 heavy (non-hydrogen) atoms. The largest absolute Gasteiger partial charge is 0.411 e. The van der Waals surface area contributed by atoms with Gasteiger partial charge in [0, 0.05) is 29.2 Å². The van der Waals surface area contributed by atoms with E-state index in [0.29, 0.717) is 22.8 Å². The van der Waals surface area contributed by atoms with E-state index in [1.54, 1.807) is 18.5 Å². The Morgan fingerprint density at radius 1 is 0.741 bits per heavy atom. The molecular weight excluding hydrogens is 397 g/mol. The number of aromatic nitrogens is 1. The second-order valence-electron chi connectivity index (χ2n) is 4.34. The monoisotopic (exact) mass is 425 g/mol. The third-order valence-corrected chi connectivity index (χ3v) is 2.45. The Morgan fingerprint density at radius 3 is 1.07 bits per heavy atom. The molecule has 4 N–H and O–H groups in total. The molecule has 0 saturated heterocycles. The first-order chi connectivity index (χ1) is 12.4. The molecule has 0 saturated carbocycles. The van der Waals surface area contributed by atoms with Crippen LogP contribution < -0.4 is 0 Å². The van der Waals surface area contributed by atoms with Gasteiger partial charge in [-0.05, 0) is 39.8 Å². The van der Waals surface area contributed by atoms with Gasteiger partial charge in [0.25, 0.3) is 0 Å². The third-order valence-electron chi connectivity index (χ3n) is 2.45. The molecule has 1 aromatic rings. The van der Waals surface area contributed by atoms with Crippen LogP contribution in [0.2, 0.25) is 0 Å². The minimum Gasteiger partial charge on any atom is -0.411 e. The van der Waals surface area contributed by atoms with Gasteiger partial charge < -0.3 is 20.8 Å². The number of pyridine rings is 1. The first-order valence-electron chi connectivity index (χ1n) is 7.36. The summed E-state index contributed by atoms with van der Waals surface area (Å²) in [7, 11) is 0. The molecule has 155 valence electrons. The summed E-state index contributed by atoms with van der Waals surface area (Å²) in [5.41, 5.74) is 1.25. The van der Waals surface area contributed by atoms with Gasteiger partial charge in [-0.15, -0.1) is 6.92 Å². The Hall–Kier alpha value is -2.85. The average Bonchev–Trinajstić information content (AvgIpc) is 2.73. The van der Waals surface area contributed by atoms with Crippen LogP contribution in [0.15, 0.2) is 63.4 Å². The summed E-state index contributed by atoms with van der Waals surface area (Å²) in [4.78, 5) is 3.78. The van der Waals surface area contributed by atoms with E-state index in [1.165, 1.54) is 27.7 Å². The van der Waals surface area contributed by atoms with Crippen molar-refractivity contribution in [2.45, 2.75) is 34.6 Å². The Morgan fingerprint density at radius 2 is 1.00 bits per heavy atom. The maximum absolute atomic E-state index is 8.03. The van der Waals surface area contributed by atoms with Crippen LogP contribution in [0.1, 0.15) is 34.6 Å². The first kappa shape index (κ1) is 31.9. The van der Waals surface area contributed by atoms with Gasteiger partial charge in [-0.3, -0.25) is 4.98 Å². The maximum atomic E-state index is 8.03. The molecule has 9 nitrogen and oxygen atoms in total. The summed E-state index contributed by atoms with van der Waals surface area (Å²) in [5.74, 6) is 0. The minimum atomic E-state index is 0. The summed E-state index contributed by atoms with van der Waals surface area (Å²) in [5, 5.41) is 43.3. The molecule has 0 amide bonds. The molecule has 0 atom stereocenters. The van der Waals surface area contributed by atoms with E-state index in [1.807, 2.05) is 31.2 Å². The van der Waals surface area contributed by atoms with E-state index in [9.17, 15) is 0 Å². The van der Waals surface area contributed by atoms with Crippen molar-refractivity contribution in [3.05, 3.63) is 49.7 Å². The molecule has 1 heterocycles. The Labute approximate surface area is 170 Å². The summed E-state index contributed by atoms with van der Waals surface area (Å²) in [6.07, 6.45) is 7.14. The smallest absolute Gasteiger partial charge is 0.101 e. The second kappa shape index (κ2) is 25.4. The molecule has 1 radical (unpaired) electrons. The van der Waals surface area contributed by atoms with Crippen molar-refractivity contribution in [2.75, 3.05) is 0 Å².